The van der Waals surface area contributed by atoms with E-state index < -0.39 is 5.97 Å². The molecule has 2 aromatic carbocycles. The average molecular weight is 422 g/mol. The van der Waals surface area contributed by atoms with Crippen LogP contribution in [0.1, 0.15) is 23.6 Å². The predicted molar refractivity (Wildman–Crippen MR) is 119 cm³/mol. The fourth-order valence-corrected chi connectivity index (χ4v) is 3.37. The number of carbonyl (C=O) groups excluding carboxylic acids is 3. The maximum atomic E-state index is 13.0. The molecule has 0 fully saturated rings. The van der Waals surface area contributed by atoms with Gasteiger partial charge in [0.05, 0.1) is 25.1 Å². The third-order valence-electron chi connectivity index (χ3n) is 5.14. The lowest BCUT2D eigenvalue weighted by Gasteiger charge is -2.36. The number of methoxy groups -OCH3 is 1. The van der Waals surface area contributed by atoms with E-state index in [2.05, 4.69) is 0 Å². The number of nitrogens with zero attached hydrogens (tertiary/aromatic N) is 2. The van der Waals surface area contributed by atoms with E-state index in [0.717, 1.165) is 16.7 Å². The lowest BCUT2D eigenvalue weighted by atomic mass is 10.0. The molecule has 0 N–H and O–H groups in total. The smallest absolute Gasteiger partial charge is 0.326 e. The molecule has 3 rings (SSSR count). The number of ether oxygens (including phenoxy) is 2. The SMILES string of the molecule is CCOC(=O)CN1C(=O)CN(C(=O)/C=C/c2cccc(OC)c2)c2cc(C)c(C)cc21. The number of carbonyl (C=O) groups is 3. The van der Waals surface area contributed by atoms with Crippen LogP contribution in [0.3, 0.4) is 0 Å². The van der Waals surface area contributed by atoms with Crippen LogP contribution in [-0.4, -0.2) is 44.6 Å². The van der Waals surface area contributed by atoms with Crippen molar-refractivity contribution < 1.29 is 23.9 Å². The second-order valence-electron chi connectivity index (χ2n) is 7.24. The van der Waals surface area contributed by atoms with Crippen LogP contribution in [0.2, 0.25) is 0 Å². The Morgan fingerprint density at radius 3 is 2.48 bits per heavy atom. The van der Waals surface area contributed by atoms with E-state index in [1.807, 2.05) is 50.2 Å². The normalized spacial score (nSPS) is 13.4. The van der Waals surface area contributed by atoms with E-state index in [9.17, 15) is 14.4 Å². The Morgan fingerprint density at radius 1 is 1.10 bits per heavy atom. The molecule has 162 valence electrons. The predicted octanol–water partition coefficient (Wildman–Crippen LogP) is 3.27. The van der Waals surface area contributed by atoms with Gasteiger partial charge in [-0.1, -0.05) is 12.1 Å². The van der Waals surface area contributed by atoms with Crippen LogP contribution in [0, 0.1) is 13.8 Å². The molecule has 0 saturated carbocycles. The monoisotopic (exact) mass is 422 g/mol. The number of hydrogen-bond acceptors (Lipinski definition) is 5. The first-order valence-corrected chi connectivity index (χ1v) is 10.0. The maximum absolute atomic E-state index is 13.0. The summed E-state index contributed by atoms with van der Waals surface area (Å²) in [6.45, 7) is 5.47. The highest BCUT2D eigenvalue weighted by Crippen LogP contribution is 2.36. The minimum Gasteiger partial charge on any atom is -0.497 e. The van der Waals surface area contributed by atoms with E-state index in [-0.39, 0.29) is 31.5 Å². The third kappa shape index (κ3) is 4.94. The molecule has 0 aromatic heterocycles. The molecule has 0 aliphatic carbocycles. The number of amides is 2. The Hall–Kier alpha value is -3.61. The fraction of sp³-hybridized carbons (Fsp3) is 0.292. The van der Waals surface area contributed by atoms with Crippen LogP contribution in [0.25, 0.3) is 6.08 Å². The zero-order valence-corrected chi connectivity index (χ0v) is 18.2. The van der Waals surface area contributed by atoms with Gasteiger partial charge in [-0.3, -0.25) is 24.2 Å². The van der Waals surface area contributed by atoms with Crippen molar-refractivity contribution in [3.05, 3.63) is 59.2 Å². The standard InChI is InChI=1S/C24H26N2O5/c1-5-31-24(29)15-26-21-12-17(3)16(2)11-20(21)25(14-23(26)28)22(27)10-9-18-7-6-8-19(13-18)30-4/h6-13H,5,14-15H2,1-4H3/b10-9+. The molecule has 0 radical (unpaired) electrons. The first-order valence-electron chi connectivity index (χ1n) is 10.0. The highest BCUT2D eigenvalue weighted by atomic mass is 16.5. The molecule has 31 heavy (non-hydrogen) atoms. The van der Waals surface area contributed by atoms with E-state index in [1.54, 1.807) is 20.1 Å². The summed E-state index contributed by atoms with van der Waals surface area (Å²) in [6.07, 6.45) is 3.11. The van der Waals surface area contributed by atoms with Gasteiger partial charge in [0.25, 0.3) is 5.91 Å². The van der Waals surface area contributed by atoms with Crippen molar-refractivity contribution in [3.63, 3.8) is 0 Å². The van der Waals surface area contributed by atoms with Crippen LogP contribution >= 0.6 is 0 Å². The first kappa shape index (κ1) is 22.1. The fourth-order valence-electron chi connectivity index (χ4n) is 3.37. The van der Waals surface area contributed by atoms with Crippen LogP contribution in [0.5, 0.6) is 5.75 Å². The Morgan fingerprint density at radius 2 is 1.81 bits per heavy atom. The van der Waals surface area contributed by atoms with Gasteiger partial charge in [0.1, 0.15) is 18.8 Å². The summed E-state index contributed by atoms with van der Waals surface area (Å²) in [5, 5.41) is 0. The molecule has 1 heterocycles. The summed E-state index contributed by atoms with van der Waals surface area (Å²) < 4.78 is 10.2. The van der Waals surface area contributed by atoms with Crippen molar-refractivity contribution in [2.75, 3.05) is 36.6 Å². The Bertz CT molecular complexity index is 1040. The Balaban J connectivity index is 1.93. The molecule has 0 saturated heterocycles. The molecule has 0 bridgehead atoms. The van der Waals surface area contributed by atoms with Gasteiger partial charge in [-0.2, -0.15) is 0 Å². The number of fused-ring (bicyclic) bond motifs is 1. The van der Waals surface area contributed by atoms with Gasteiger partial charge < -0.3 is 9.47 Å². The highest BCUT2D eigenvalue weighted by Gasteiger charge is 2.33. The molecule has 2 amide bonds. The minimum atomic E-state index is -0.488. The van der Waals surface area contributed by atoms with Crippen molar-refractivity contribution in [2.24, 2.45) is 0 Å². The molecular weight excluding hydrogens is 396 g/mol. The number of anilines is 2. The van der Waals surface area contributed by atoms with Crippen LogP contribution in [-0.2, 0) is 19.1 Å². The summed E-state index contributed by atoms with van der Waals surface area (Å²) in [5.41, 5.74) is 3.86. The summed E-state index contributed by atoms with van der Waals surface area (Å²) in [7, 11) is 1.58. The zero-order chi connectivity index (χ0) is 22.5. The van der Waals surface area contributed by atoms with Crippen molar-refractivity contribution in [1.82, 2.24) is 0 Å². The Labute approximate surface area is 181 Å². The zero-order valence-electron chi connectivity index (χ0n) is 18.2. The van der Waals surface area contributed by atoms with Gasteiger partial charge in [0, 0.05) is 6.08 Å². The summed E-state index contributed by atoms with van der Waals surface area (Å²) in [4.78, 5) is 40.7. The minimum absolute atomic E-state index is 0.157. The number of rotatable bonds is 6. The molecule has 7 nitrogen and oxygen atoms in total. The van der Waals surface area contributed by atoms with E-state index in [1.165, 1.54) is 15.9 Å². The molecule has 0 spiro atoms. The van der Waals surface area contributed by atoms with Crippen LogP contribution in [0.4, 0.5) is 11.4 Å². The number of aryl methyl sites for hydroxylation is 2. The lowest BCUT2D eigenvalue weighted by Crippen LogP contribution is -2.49. The number of benzene rings is 2. The number of esters is 1. The Kier molecular flexibility index (Phi) is 6.74. The van der Waals surface area contributed by atoms with Crippen LogP contribution < -0.4 is 14.5 Å². The van der Waals surface area contributed by atoms with Gasteiger partial charge in [0.15, 0.2) is 0 Å². The van der Waals surface area contributed by atoms with Crippen LogP contribution in [0.15, 0.2) is 42.5 Å². The lowest BCUT2D eigenvalue weighted by molar-refractivity contribution is -0.142. The summed E-state index contributed by atoms with van der Waals surface area (Å²) >= 11 is 0. The number of hydrogen-bond donors (Lipinski definition) is 0. The molecule has 1 aliphatic rings. The molecule has 0 unspecified atom stereocenters. The second-order valence-corrected chi connectivity index (χ2v) is 7.24. The second kappa shape index (κ2) is 9.47. The van der Waals surface area contributed by atoms with Crippen molar-refractivity contribution in [3.8, 4) is 5.75 Å². The van der Waals surface area contributed by atoms with Gasteiger partial charge in [-0.15, -0.1) is 0 Å². The van der Waals surface area contributed by atoms with E-state index in [4.69, 9.17) is 9.47 Å². The van der Waals surface area contributed by atoms with Crippen molar-refractivity contribution >= 4 is 35.2 Å². The third-order valence-corrected chi connectivity index (χ3v) is 5.14. The molecular formula is C24H26N2O5. The molecule has 0 atom stereocenters. The van der Waals surface area contributed by atoms with Crippen molar-refractivity contribution in [2.45, 2.75) is 20.8 Å². The largest absolute Gasteiger partial charge is 0.497 e. The molecule has 7 heteroatoms. The first-order chi connectivity index (χ1) is 14.8. The maximum Gasteiger partial charge on any atom is 0.326 e. The molecule has 2 aromatic rings. The molecule has 1 aliphatic heterocycles. The topological polar surface area (TPSA) is 76.2 Å². The van der Waals surface area contributed by atoms with Gasteiger partial charge in [0.2, 0.25) is 5.91 Å². The van der Waals surface area contributed by atoms with E-state index in [0.29, 0.717) is 17.1 Å². The van der Waals surface area contributed by atoms with Gasteiger partial charge in [-0.25, -0.2) is 0 Å². The van der Waals surface area contributed by atoms with Crippen molar-refractivity contribution in [1.29, 1.82) is 0 Å². The summed E-state index contributed by atoms with van der Waals surface area (Å²) in [5.74, 6) is -0.463. The van der Waals surface area contributed by atoms with E-state index >= 15 is 0 Å². The quantitative estimate of drug-likeness (QED) is 0.528. The van der Waals surface area contributed by atoms with Gasteiger partial charge >= 0.3 is 5.97 Å². The average Bonchev–Trinajstić information content (AvgIpc) is 2.75. The summed E-state index contributed by atoms with van der Waals surface area (Å²) in [6, 6.07) is 11.0. The van der Waals surface area contributed by atoms with Gasteiger partial charge in [-0.05, 0) is 67.8 Å². The highest BCUT2D eigenvalue weighted by molar-refractivity contribution is 6.15.